The van der Waals surface area contributed by atoms with Crippen LogP contribution in [0.3, 0.4) is 0 Å². The minimum absolute atomic E-state index is 0.133. The first-order valence-electron chi connectivity index (χ1n) is 8.82. The number of ether oxygens (including phenoxy) is 1. The predicted molar refractivity (Wildman–Crippen MR) is 98.2 cm³/mol. The zero-order chi connectivity index (χ0) is 17.5. The molecule has 132 valence electrons. The average molecular weight is 339 g/mol. The highest BCUT2D eigenvalue weighted by Gasteiger charge is 2.15. The monoisotopic (exact) mass is 339 g/mol. The van der Waals surface area contributed by atoms with Gasteiger partial charge in [0.05, 0.1) is 12.7 Å². The topological polar surface area (TPSA) is 54.5 Å². The maximum Gasteiger partial charge on any atom is 0.321 e. The molecule has 5 nitrogen and oxygen atoms in total. The summed E-state index contributed by atoms with van der Waals surface area (Å²) < 4.78 is 5.91. The number of nitrogens with zero attached hydrogens (tertiary/aromatic N) is 2. The molecule has 1 saturated carbocycles. The van der Waals surface area contributed by atoms with Gasteiger partial charge < -0.3 is 15.0 Å². The van der Waals surface area contributed by atoms with Crippen LogP contribution in [0.5, 0.6) is 0 Å². The molecule has 1 aromatic carbocycles. The van der Waals surface area contributed by atoms with Crippen molar-refractivity contribution in [3.8, 4) is 0 Å². The summed E-state index contributed by atoms with van der Waals surface area (Å²) in [6.07, 6.45) is 8.79. The summed E-state index contributed by atoms with van der Waals surface area (Å²) in [6, 6.07) is 11.5. The molecule has 1 aromatic heterocycles. The lowest BCUT2D eigenvalue weighted by Crippen LogP contribution is -2.30. The second kappa shape index (κ2) is 8.62. The maximum absolute atomic E-state index is 12.3. The van der Waals surface area contributed by atoms with Gasteiger partial charge in [-0.2, -0.15) is 0 Å². The van der Waals surface area contributed by atoms with Crippen LogP contribution in [-0.2, 0) is 17.9 Å². The summed E-state index contributed by atoms with van der Waals surface area (Å²) >= 11 is 0. The van der Waals surface area contributed by atoms with E-state index >= 15 is 0 Å². The van der Waals surface area contributed by atoms with E-state index in [0.29, 0.717) is 19.3 Å². The largest absolute Gasteiger partial charge is 0.374 e. The molecule has 0 unspecified atom stereocenters. The van der Waals surface area contributed by atoms with Crippen LogP contribution >= 0.6 is 0 Å². The van der Waals surface area contributed by atoms with E-state index in [4.69, 9.17) is 4.74 Å². The van der Waals surface area contributed by atoms with Gasteiger partial charge in [-0.3, -0.25) is 4.98 Å². The number of anilines is 1. The molecule has 5 heteroatoms. The van der Waals surface area contributed by atoms with Crippen LogP contribution in [0.25, 0.3) is 0 Å². The second-order valence-electron chi connectivity index (χ2n) is 6.56. The normalized spacial score (nSPS) is 14.4. The molecular weight excluding hydrogens is 314 g/mol. The summed E-state index contributed by atoms with van der Waals surface area (Å²) in [5, 5.41) is 2.92. The van der Waals surface area contributed by atoms with Crippen LogP contribution in [-0.4, -0.2) is 29.1 Å². The average Bonchev–Trinajstić information content (AvgIpc) is 3.15. The van der Waals surface area contributed by atoms with Crippen LogP contribution < -0.4 is 5.32 Å². The van der Waals surface area contributed by atoms with Crippen molar-refractivity contribution in [2.24, 2.45) is 0 Å². The fourth-order valence-corrected chi connectivity index (χ4v) is 3.01. The molecule has 1 aliphatic carbocycles. The molecule has 2 aromatic rings. The van der Waals surface area contributed by atoms with Gasteiger partial charge in [0, 0.05) is 31.7 Å². The predicted octanol–water partition coefficient (Wildman–Crippen LogP) is 4.20. The number of carbonyl (C=O) groups is 1. The van der Waals surface area contributed by atoms with Gasteiger partial charge in [-0.05, 0) is 48.2 Å². The molecule has 0 aliphatic heterocycles. The van der Waals surface area contributed by atoms with E-state index in [0.717, 1.165) is 16.8 Å². The summed E-state index contributed by atoms with van der Waals surface area (Å²) in [4.78, 5) is 17.9. The lowest BCUT2D eigenvalue weighted by atomic mass is 10.2. The molecule has 0 radical (unpaired) electrons. The van der Waals surface area contributed by atoms with Gasteiger partial charge in [0.15, 0.2) is 0 Å². The molecule has 1 fully saturated rings. The molecule has 0 bridgehead atoms. The van der Waals surface area contributed by atoms with Crippen molar-refractivity contribution in [1.29, 1.82) is 0 Å². The van der Waals surface area contributed by atoms with Gasteiger partial charge in [-0.1, -0.05) is 25.0 Å². The third kappa shape index (κ3) is 5.29. The highest BCUT2D eigenvalue weighted by molar-refractivity contribution is 5.89. The smallest absolute Gasteiger partial charge is 0.321 e. The van der Waals surface area contributed by atoms with Crippen molar-refractivity contribution in [1.82, 2.24) is 9.88 Å². The van der Waals surface area contributed by atoms with Crippen molar-refractivity contribution < 1.29 is 9.53 Å². The first-order chi connectivity index (χ1) is 12.2. The highest BCUT2D eigenvalue weighted by atomic mass is 16.5. The number of amides is 2. The van der Waals surface area contributed by atoms with Crippen LogP contribution in [0, 0.1) is 0 Å². The Bertz CT molecular complexity index is 667. The minimum Gasteiger partial charge on any atom is -0.374 e. The van der Waals surface area contributed by atoms with Crippen molar-refractivity contribution in [3.05, 3.63) is 59.9 Å². The number of carbonyl (C=O) groups excluding carboxylic acids is 1. The van der Waals surface area contributed by atoms with Gasteiger partial charge in [0.25, 0.3) is 0 Å². The van der Waals surface area contributed by atoms with E-state index in [1.54, 1.807) is 24.3 Å². The number of urea groups is 1. The summed E-state index contributed by atoms with van der Waals surface area (Å²) in [6.45, 7) is 1.18. The number of hydrogen-bond donors (Lipinski definition) is 1. The molecule has 0 atom stereocenters. The van der Waals surface area contributed by atoms with E-state index in [1.807, 2.05) is 36.4 Å². The highest BCUT2D eigenvalue weighted by Crippen LogP contribution is 2.22. The summed E-state index contributed by atoms with van der Waals surface area (Å²) in [5.74, 6) is 0. The fraction of sp³-hybridized carbons (Fsp3) is 0.400. The molecule has 2 amide bonds. The van der Waals surface area contributed by atoms with Crippen molar-refractivity contribution in [3.63, 3.8) is 0 Å². The molecule has 0 spiro atoms. The van der Waals surface area contributed by atoms with Crippen molar-refractivity contribution in [2.45, 2.75) is 44.9 Å². The van der Waals surface area contributed by atoms with E-state index in [2.05, 4.69) is 10.3 Å². The number of aromatic nitrogens is 1. The van der Waals surface area contributed by atoms with Crippen LogP contribution in [0.15, 0.2) is 48.8 Å². The number of pyridine rings is 1. The van der Waals surface area contributed by atoms with Gasteiger partial charge in [0.2, 0.25) is 0 Å². The van der Waals surface area contributed by atoms with Crippen LogP contribution in [0.4, 0.5) is 10.5 Å². The fourth-order valence-electron chi connectivity index (χ4n) is 3.01. The zero-order valence-electron chi connectivity index (χ0n) is 14.6. The Labute approximate surface area is 149 Å². The zero-order valence-corrected chi connectivity index (χ0v) is 14.6. The SMILES string of the molecule is CN(Cc1ccncc1)C(=O)Nc1ccc(COC2CCCC2)cc1. The quantitative estimate of drug-likeness (QED) is 0.858. The Morgan fingerprint density at radius 1 is 1.12 bits per heavy atom. The number of hydrogen-bond acceptors (Lipinski definition) is 3. The van der Waals surface area contributed by atoms with Gasteiger partial charge in [-0.15, -0.1) is 0 Å². The van der Waals surface area contributed by atoms with Crippen molar-refractivity contribution >= 4 is 11.7 Å². The summed E-state index contributed by atoms with van der Waals surface area (Å²) in [5.41, 5.74) is 2.97. The lowest BCUT2D eigenvalue weighted by molar-refractivity contribution is 0.0457. The molecular formula is C20H25N3O2. The Hall–Kier alpha value is -2.40. The first kappa shape index (κ1) is 17.4. The molecule has 1 heterocycles. The van der Waals surface area contributed by atoms with E-state index in [9.17, 15) is 4.79 Å². The number of rotatable bonds is 6. The Balaban J connectivity index is 1.47. The third-order valence-corrected chi connectivity index (χ3v) is 4.51. The lowest BCUT2D eigenvalue weighted by Gasteiger charge is -2.18. The molecule has 1 N–H and O–H groups in total. The molecule has 3 rings (SSSR count). The second-order valence-corrected chi connectivity index (χ2v) is 6.56. The standard InChI is InChI=1S/C20H25N3O2/c1-23(14-16-10-12-21-13-11-16)20(24)22-18-8-6-17(7-9-18)15-25-19-4-2-3-5-19/h6-13,19H,2-5,14-15H2,1H3,(H,22,24). The Kier molecular flexibility index (Phi) is 6.01. The third-order valence-electron chi connectivity index (χ3n) is 4.51. The van der Waals surface area contributed by atoms with Gasteiger partial charge in [0.1, 0.15) is 0 Å². The van der Waals surface area contributed by atoms with Gasteiger partial charge in [-0.25, -0.2) is 4.79 Å². The van der Waals surface area contributed by atoms with Crippen LogP contribution in [0.1, 0.15) is 36.8 Å². The number of benzene rings is 1. The van der Waals surface area contributed by atoms with E-state index in [1.165, 1.54) is 25.7 Å². The van der Waals surface area contributed by atoms with Crippen molar-refractivity contribution in [2.75, 3.05) is 12.4 Å². The molecule has 25 heavy (non-hydrogen) atoms. The summed E-state index contributed by atoms with van der Waals surface area (Å²) in [7, 11) is 1.78. The molecule has 0 saturated heterocycles. The van der Waals surface area contributed by atoms with Crippen LogP contribution in [0.2, 0.25) is 0 Å². The number of nitrogens with one attached hydrogen (secondary N) is 1. The Morgan fingerprint density at radius 2 is 1.80 bits per heavy atom. The molecule has 1 aliphatic rings. The van der Waals surface area contributed by atoms with E-state index in [-0.39, 0.29) is 6.03 Å². The first-order valence-corrected chi connectivity index (χ1v) is 8.82. The Morgan fingerprint density at radius 3 is 2.48 bits per heavy atom. The maximum atomic E-state index is 12.3. The minimum atomic E-state index is -0.133. The van der Waals surface area contributed by atoms with Gasteiger partial charge >= 0.3 is 6.03 Å². The van der Waals surface area contributed by atoms with E-state index < -0.39 is 0 Å².